The number of carbonyl (C=O) groups is 1. The summed E-state index contributed by atoms with van der Waals surface area (Å²) in [5.41, 5.74) is 2.97. The third-order valence-electron chi connectivity index (χ3n) is 4.32. The fourth-order valence-electron chi connectivity index (χ4n) is 2.97. The van der Waals surface area contributed by atoms with Gasteiger partial charge in [0.1, 0.15) is 0 Å². The highest BCUT2D eigenvalue weighted by molar-refractivity contribution is 5.90. The third kappa shape index (κ3) is 5.67. The van der Waals surface area contributed by atoms with Gasteiger partial charge in [0.15, 0.2) is 0 Å². The van der Waals surface area contributed by atoms with Gasteiger partial charge in [-0.2, -0.15) is 0 Å². The van der Waals surface area contributed by atoms with E-state index in [9.17, 15) is 4.79 Å². The van der Waals surface area contributed by atoms with E-state index in [1.807, 2.05) is 49.5 Å². The number of nitrogens with one attached hydrogen (secondary N) is 1. The first-order valence-corrected chi connectivity index (χ1v) is 9.34. The minimum atomic E-state index is 0.00203. The summed E-state index contributed by atoms with van der Waals surface area (Å²) in [5, 5.41) is 4.16. The van der Waals surface area contributed by atoms with Crippen LogP contribution < -0.4 is 5.32 Å². The number of para-hydroxylation sites is 1. The number of aromatic nitrogens is 1. The molecule has 1 heterocycles. The fraction of sp³-hybridized carbons (Fsp3) is 0.318. The molecule has 0 aliphatic rings. The summed E-state index contributed by atoms with van der Waals surface area (Å²) in [6.45, 7) is 4.98. The molecule has 2 aromatic carbocycles. The van der Waals surface area contributed by atoms with E-state index in [1.54, 1.807) is 0 Å². The molecule has 0 saturated heterocycles. The lowest BCUT2D eigenvalue weighted by atomic mass is 10.2. The topological polar surface area (TPSA) is 52.5 Å². The van der Waals surface area contributed by atoms with Crippen molar-refractivity contribution in [3.63, 3.8) is 0 Å². The number of carbonyl (C=O) groups excluding carboxylic acids is 1. The zero-order chi connectivity index (χ0) is 18.9. The molecule has 1 aromatic heterocycles. The summed E-state index contributed by atoms with van der Waals surface area (Å²) in [7, 11) is 0. The quantitative estimate of drug-likeness (QED) is 0.547. The molecule has 0 unspecified atom stereocenters. The molecule has 3 aromatic rings. The second-order valence-electron chi connectivity index (χ2n) is 6.32. The number of rotatable bonds is 10. The number of nitrogens with zero attached hydrogens (tertiary/aromatic N) is 1. The number of hydrogen-bond acceptors (Lipinski definition) is 3. The van der Waals surface area contributed by atoms with Crippen molar-refractivity contribution in [2.24, 2.45) is 0 Å². The number of fused-ring (bicyclic) bond motifs is 1. The first-order chi connectivity index (χ1) is 13.3. The van der Waals surface area contributed by atoms with Crippen molar-refractivity contribution in [1.82, 2.24) is 4.57 Å². The molecule has 5 nitrogen and oxygen atoms in total. The molecule has 0 saturated carbocycles. The Morgan fingerprint density at radius 2 is 1.89 bits per heavy atom. The number of hydrogen-bond donors (Lipinski definition) is 1. The van der Waals surface area contributed by atoms with Crippen molar-refractivity contribution >= 4 is 22.5 Å². The Morgan fingerprint density at radius 3 is 2.78 bits per heavy atom. The summed E-state index contributed by atoms with van der Waals surface area (Å²) >= 11 is 0. The Bertz CT molecular complexity index is 873. The lowest BCUT2D eigenvalue weighted by Crippen LogP contribution is -2.14. The Labute approximate surface area is 159 Å². The molecule has 1 N–H and O–H groups in total. The van der Waals surface area contributed by atoms with Gasteiger partial charge < -0.3 is 19.4 Å². The highest BCUT2D eigenvalue weighted by atomic mass is 16.5. The van der Waals surface area contributed by atoms with Crippen LogP contribution in [0.3, 0.4) is 0 Å². The zero-order valence-electron chi connectivity index (χ0n) is 15.7. The van der Waals surface area contributed by atoms with E-state index in [4.69, 9.17) is 9.47 Å². The van der Waals surface area contributed by atoms with Crippen LogP contribution in [0.5, 0.6) is 0 Å². The molecule has 0 aliphatic heterocycles. The van der Waals surface area contributed by atoms with Gasteiger partial charge in [-0.3, -0.25) is 4.79 Å². The van der Waals surface area contributed by atoms with Crippen molar-refractivity contribution in [2.75, 3.05) is 25.1 Å². The second kappa shape index (κ2) is 9.90. The van der Waals surface area contributed by atoms with Crippen molar-refractivity contribution in [3.05, 3.63) is 66.4 Å². The van der Waals surface area contributed by atoms with Gasteiger partial charge in [-0.05, 0) is 42.1 Å². The second-order valence-corrected chi connectivity index (χ2v) is 6.32. The SMILES string of the molecule is CCOCCOCc1cccc(NC(=O)CCn2ccc3ccccc32)c1. The van der Waals surface area contributed by atoms with Crippen molar-refractivity contribution < 1.29 is 14.3 Å². The number of amides is 1. The lowest BCUT2D eigenvalue weighted by molar-refractivity contribution is -0.116. The van der Waals surface area contributed by atoms with E-state index in [1.165, 1.54) is 5.39 Å². The van der Waals surface area contributed by atoms with Gasteiger partial charge in [-0.25, -0.2) is 0 Å². The first kappa shape index (κ1) is 19.1. The van der Waals surface area contributed by atoms with E-state index in [-0.39, 0.29) is 5.91 Å². The van der Waals surface area contributed by atoms with Crippen molar-refractivity contribution in [2.45, 2.75) is 26.5 Å². The van der Waals surface area contributed by atoms with E-state index in [2.05, 4.69) is 28.1 Å². The molecule has 0 fully saturated rings. The molecular weight excluding hydrogens is 340 g/mol. The van der Waals surface area contributed by atoms with Gasteiger partial charge in [-0.1, -0.05) is 30.3 Å². The average molecular weight is 366 g/mol. The summed E-state index contributed by atoms with van der Waals surface area (Å²) in [5.74, 6) is 0.00203. The summed E-state index contributed by atoms with van der Waals surface area (Å²) in [6, 6.07) is 18.0. The molecule has 1 amide bonds. The maximum Gasteiger partial charge on any atom is 0.226 e. The van der Waals surface area contributed by atoms with Crippen LogP contribution in [0.4, 0.5) is 5.69 Å². The predicted molar refractivity (Wildman–Crippen MR) is 108 cm³/mol. The van der Waals surface area contributed by atoms with Gasteiger partial charge in [0.05, 0.1) is 19.8 Å². The van der Waals surface area contributed by atoms with Crippen LogP contribution in [0, 0.1) is 0 Å². The van der Waals surface area contributed by atoms with Crippen molar-refractivity contribution in [3.8, 4) is 0 Å². The van der Waals surface area contributed by atoms with Gasteiger partial charge in [0.25, 0.3) is 0 Å². The standard InChI is InChI=1S/C22H26N2O3/c1-2-26-14-15-27-17-18-6-5-8-20(16-18)23-22(25)11-13-24-12-10-19-7-3-4-9-21(19)24/h3-10,12,16H,2,11,13-15,17H2,1H3,(H,23,25). The van der Waals surface area contributed by atoms with Gasteiger partial charge in [-0.15, -0.1) is 0 Å². The summed E-state index contributed by atoms with van der Waals surface area (Å²) < 4.78 is 12.9. The molecular formula is C22H26N2O3. The minimum Gasteiger partial charge on any atom is -0.379 e. The molecule has 3 rings (SSSR count). The van der Waals surface area contributed by atoms with Crippen LogP contribution in [-0.2, 0) is 27.4 Å². The monoisotopic (exact) mass is 366 g/mol. The van der Waals surface area contributed by atoms with E-state index < -0.39 is 0 Å². The molecule has 0 aliphatic carbocycles. The number of ether oxygens (including phenoxy) is 2. The fourth-order valence-corrected chi connectivity index (χ4v) is 2.97. The Hall–Kier alpha value is -2.63. The molecule has 0 atom stereocenters. The number of aryl methyl sites for hydroxylation is 1. The highest BCUT2D eigenvalue weighted by Gasteiger charge is 2.06. The van der Waals surface area contributed by atoms with Crippen LogP contribution in [0.1, 0.15) is 18.9 Å². The van der Waals surface area contributed by atoms with E-state index in [0.717, 1.165) is 16.8 Å². The van der Waals surface area contributed by atoms with Gasteiger partial charge >= 0.3 is 0 Å². The maximum atomic E-state index is 12.3. The van der Waals surface area contributed by atoms with Crippen LogP contribution in [-0.4, -0.2) is 30.3 Å². The Kier molecular flexibility index (Phi) is 7.02. The predicted octanol–water partition coefficient (Wildman–Crippen LogP) is 4.22. The lowest BCUT2D eigenvalue weighted by Gasteiger charge is -2.09. The Balaban J connectivity index is 1.48. The molecule has 27 heavy (non-hydrogen) atoms. The number of anilines is 1. The average Bonchev–Trinajstić information content (AvgIpc) is 3.10. The number of benzene rings is 2. The van der Waals surface area contributed by atoms with E-state index in [0.29, 0.717) is 39.4 Å². The summed E-state index contributed by atoms with van der Waals surface area (Å²) in [6.07, 6.45) is 2.45. The minimum absolute atomic E-state index is 0.00203. The zero-order valence-corrected chi connectivity index (χ0v) is 15.7. The first-order valence-electron chi connectivity index (χ1n) is 9.34. The molecule has 0 spiro atoms. The van der Waals surface area contributed by atoms with Gasteiger partial charge in [0, 0.05) is 37.0 Å². The maximum absolute atomic E-state index is 12.3. The van der Waals surface area contributed by atoms with Crippen LogP contribution in [0.2, 0.25) is 0 Å². The van der Waals surface area contributed by atoms with E-state index >= 15 is 0 Å². The Morgan fingerprint density at radius 1 is 1.04 bits per heavy atom. The molecule has 5 heteroatoms. The van der Waals surface area contributed by atoms with Crippen LogP contribution >= 0.6 is 0 Å². The van der Waals surface area contributed by atoms with Crippen LogP contribution in [0.15, 0.2) is 60.8 Å². The van der Waals surface area contributed by atoms with Crippen molar-refractivity contribution in [1.29, 1.82) is 0 Å². The third-order valence-corrected chi connectivity index (χ3v) is 4.32. The molecule has 142 valence electrons. The highest BCUT2D eigenvalue weighted by Crippen LogP contribution is 2.16. The largest absolute Gasteiger partial charge is 0.379 e. The van der Waals surface area contributed by atoms with Crippen LogP contribution in [0.25, 0.3) is 10.9 Å². The molecule has 0 radical (unpaired) electrons. The summed E-state index contributed by atoms with van der Waals surface area (Å²) in [4.78, 5) is 12.3. The smallest absolute Gasteiger partial charge is 0.226 e. The molecule has 0 bridgehead atoms. The normalized spacial score (nSPS) is 11.0. The van der Waals surface area contributed by atoms with Gasteiger partial charge in [0.2, 0.25) is 5.91 Å².